The van der Waals surface area contributed by atoms with E-state index in [1.165, 1.54) is 5.56 Å². The Hall–Kier alpha value is -2.33. The molecule has 1 aliphatic rings. The van der Waals surface area contributed by atoms with Gasteiger partial charge in [-0.05, 0) is 42.7 Å². The van der Waals surface area contributed by atoms with Crippen molar-refractivity contribution in [1.29, 1.82) is 0 Å². The van der Waals surface area contributed by atoms with Crippen molar-refractivity contribution in [2.75, 3.05) is 11.4 Å². The van der Waals surface area contributed by atoms with E-state index in [-0.39, 0.29) is 30.8 Å². The molecule has 24 heavy (non-hydrogen) atoms. The van der Waals surface area contributed by atoms with Crippen molar-refractivity contribution in [3.8, 4) is 0 Å². The summed E-state index contributed by atoms with van der Waals surface area (Å²) in [6.07, 6.45) is 1.08. The van der Waals surface area contributed by atoms with Gasteiger partial charge in [-0.2, -0.15) is 0 Å². The van der Waals surface area contributed by atoms with Crippen molar-refractivity contribution in [1.82, 2.24) is 5.32 Å². The maximum Gasteiger partial charge on any atom is 0.246 e. The van der Waals surface area contributed by atoms with Crippen LogP contribution in [0.3, 0.4) is 0 Å². The number of nitrogens with zero attached hydrogens (tertiary/aromatic N) is 1. The van der Waals surface area contributed by atoms with Crippen LogP contribution in [0.15, 0.2) is 48.5 Å². The van der Waals surface area contributed by atoms with Gasteiger partial charge < -0.3 is 10.2 Å². The molecule has 0 fully saturated rings. The fourth-order valence-corrected chi connectivity index (χ4v) is 3.18. The molecule has 0 aliphatic carbocycles. The van der Waals surface area contributed by atoms with Crippen LogP contribution in [0.1, 0.15) is 18.1 Å². The number of amides is 2. The first-order valence-electron chi connectivity index (χ1n) is 7.95. The predicted octanol–water partition coefficient (Wildman–Crippen LogP) is 2.98. The van der Waals surface area contributed by atoms with Gasteiger partial charge in [0.25, 0.3) is 0 Å². The van der Waals surface area contributed by atoms with Crippen LogP contribution in [0.5, 0.6) is 0 Å². The van der Waals surface area contributed by atoms with Gasteiger partial charge in [0, 0.05) is 16.8 Å². The van der Waals surface area contributed by atoms with Crippen molar-refractivity contribution in [3.05, 3.63) is 64.7 Å². The molecule has 1 unspecified atom stereocenters. The van der Waals surface area contributed by atoms with Gasteiger partial charge >= 0.3 is 0 Å². The molecule has 0 spiro atoms. The summed E-state index contributed by atoms with van der Waals surface area (Å²) in [6.45, 7) is 2.03. The highest BCUT2D eigenvalue weighted by molar-refractivity contribution is 6.30. The highest BCUT2D eigenvalue weighted by atomic mass is 35.5. The lowest BCUT2D eigenvalue weighted by atomic mass is 10.1. The second kappa shape index (κ2) is 7.05. The molecule has 2 aromatic carbocycles. The van der Waals surface area contributed by atoms with E-state index in [2.05, 4.69) is 5.32 Å². The summed E-state index contributed by atoms with van der Waals surface area (Å²) in [7, 11) is 0. The van der Waals surface area contributed by atoms with Crippen molar-refractivity contribution >= 4 is 29.1 Å². The molecular formula is C19H19ClN2O2. The number of hydrogen-bond donors (Lipinski definition) is 1. The van der Waals surface area contributed by atoms with Gasteiger partial charge in [0.1, 0.15) is 0 Å². The van der Waals surface area contributed by atoms with Crippen molar-refractivity contribution in [3.63, 3.8) is 0 Å². The number of carbonyl (C=O) groups is 2. The smallest absolute Gasteiger partial charge is 0.246 e. The molecule has 0 aromatic heterocycles. The number of carbonyl (C=O) groups excluding carboxylic acids is 2. The normalized spacial score (nSPS) is 15.9. The highest BCUT2D eigenvalue weighted by Gasteiger charge is 2.30. The largest absolute Gasteiger partial charge is 0.347 e. The maximum atomic E-state index is 12.5. The quantitative estimate of drug-likeness (QED) is 0.928. The van der Waals surface area contributed by atoms with Crippen molar-refractivity contribution in [2.45, 2.75) is 25.8 Å². The molecule has 5 heteroatoms. The number of rotatable bonds is 4. The Morgan fingerprint density at radius 3 is 2.62 bits per heavy atom. The Morgan fingerprint density at radius 2 is 1.88 bits per heavy atom. The zero-order chi connectivity index (χ0) is 17.1. The van der Waals surface area contributed by atoms with Crippen LogP contribution in [0.4, 0.5) is 5.69 Å². The minimum atomic E-state index is -0.175. The predicted molar refractivity (Wildman–Crippen MR) is 95.3 cm³/mol. The molecule has 2 aromatic rings. The van der Waals surface area contributed by atoms with E-state index in [0.29, 0.717) is 5.02 Å². The molecule has 4 nitrogen and oxygen atoms in total. The van der Waals surface area contributed by atoms with E-state index in [1.807, 2.05) is 43.3 Å². The van der Waals surface area contributed by atoms with E-state index in [0.717, 1.165) is 17.7 Å². The van der Waals surface area contributed by atoms with Crippen LogP contribution in [-0.4, -0.2) is 24.4 Å². The molecule has 0 saturated heterocycles. The number of nitrogens with one attached hydrogen (secondary N) is 1. The molecule has 3 rings (SSSR count). The molecular weight excluding hydrogens is 324 g/mol. The number of halogens is 1. The fraction of sp³-hybridized carbons (Fsp3) is 0.263. The maximum absolute atomic E-state index is 12.5. The Balaban J connectivity index is 1.57. The molecule has 1 atom stereocenters. The Bertz CT molecular complexity index is 758. The molecule has 2 amide bonds. The average molecular weight is 343 g/mol. The number of hydrogen-bond acceptors (Lipinski definition) is 2. The monoisotopic (exact) mass is 342 g/mol. The van der Waals surface area contributed by atoms with Gasteiger partial charge in [-0.1, -0.05) is 41.9 Å². The fourth-order valence-electron chi connectivity index (χ4n) is 3.06. The van der Waals surface area contributed by atoms with Gasteiger partial charge in [0.2, 0.25) is 11.8 Å². The summed E-state index contributed by atoms with van der Waals surface area (Å²) < 4.78 is 0. The van der Waals surface area contributed by atoms with Gasteiger partial charge in [-0.25, -0.2) is 0 Å². The zero-order valence-corrected chi connectivity index (χ0v) is 14.2. The minimum absolute atomic E-state index is 0.00506. The van der Waals surface area contributed by atoms with Crippen molar-refractivity contribution < 1.29 is 9.59 Å². The lowest BCUT2D eigenvalue weighted by Crippen LogP contribution is -2.43. The summed E-state index contributed by atoms with van der Waals surface area (Å²) in [5.41, 5.74) is 2.98. The number of fused-ring (bicyclic) bond motifs is 1. The lowest BCUT2D eigenvalue weighted by molar-refractivity contribution is -0.124. The van der Waals surface area contributed by atoms with Crippen LogP contribution < -0.4 is 10.2 Å². The van der Waals surface area contributed by atoms with Gasteiger partial charge in [-0.3, -0.25) is 9.59 Å². The molecule has 0 saturated carbocycles. The van der Waals surface area contributed by atoms with Gasteiger partial charge in [0.15, 0.2) is 0 Å². The van der Waals surface area contributed by atoms with Crippen LogP contribution in [0, 0.1) is 0 Å². The minimum Gasteiger partial charge on any atom is -0.347 e. The lowest BCUT2D eigenvalue weighted by Gasteiger charge is -2.22. The summed E-state index contributed by atoms with van der Waals surface area (Å²) >= 11 is 5.83. The molecule has 0 radical (unpaired) electrons. The van der Waals surface area contributed by atoms with E-state index >= 15 is 0 Å². The Kier molecular flexibility index (Phi) is 4.86. The molecule has 1 aliphatic heterocycles. The summed E-state index contributed by atoms with van der Waals surface area (Å²) in [4.78, 5) is 26.3. The third kappa shape index (κ3) is 3.60. The van der Waals surface area contributed by atoms with Crippen LogP contribution in [0.2, 0.25) is 5.02 Å². The highest BCUT2D eigenvalue weighted by Crippen LogP contribution is 2.31. The Labute approximate surface area is 146 Å². The first-order chi connectivity index (χ1) is 11.5. The Morgan fingerprint density at radius 1 is 1.17 bits per heavy atom. The third-order valence-corrected chi connectivity index (χ3v) is 4.44. The van der Waals surface area contributed by atoms with Crippen LogP contribution >= 0.6 is 11.6 Å². The molecule has 1 N–H and O–H groups in total. The number of benzene rings is 2. The number of para-hydroxylation sites is 1. The number of anilines is 1. The molecule has 124 valence electrons. The van der Waals surface area contributed by atoms with E-state index in [1.54, 1.807) is 17.0 Å². The summed E-state index contributed by atoms with van der Waals surface area (Å²) in [5.74, 6) is -0.261. The van der Waals surface area contributed by atoms with Gasteiger partial charge in [-0.15, -0.1) is 0 Å². The summed E-state index contributed by atoms with van der Waals surface area (Å²) in [5, 5.41) is 3.35. The first-order valence-corrected chi connectivity index (χ1v) is 8.33. The van der Waals surface area contributed by atoms with Crippen LogP contribution in [-0.2, 0) is 22.4 Å². The van der Waals surface area contributed by atoms with E-state index in [4.69, 9.17) is 11.6 Å². The second-order valence-electron chi connectivity index (χ2n) is 6.03. The average Bonchev–Trinajstić information content (AvgIpc) is 2.90. The molecule has 0 bridgehead atoms. The van der Waals surface area contributed by atoms with Crippen LogP contribution in [0.25, 0.3) is 0 Å². The SMILES string of the molecule is CC1Cc2ccccc2N1C(=O)CNC(=O)Cc1ccc(Cl)cc1. The van der Waals surface area contributed by atoms with Crippen molar-refractivity contribution in [2.24, 2.45) is 0 Å². The topological polar surface area (TPSA) is 49.4 Å². The first kappa shape index (κ1) is 16.5. The van der Waals surface area contributed by atoms with E-state index < -0.39 is 0 Å². The van der Waals surface area contributed by atoms with Gasteiger partial charge in [0.05, 0.1) is 13.0 Å². The standard InChI is InChI=1S/C19H19ClN2O2/c1-13-10-15-4-2-3-5-17(15)22(13)19(24)12-21-18(23)11-14-6-8-16(20)9-7-14/h2-9,13H,10-12H2,1H3,(H,21,23). The van der Waals surface area contributed by atoms with E-state index in [9.17, 15) is 9.59 Å². The summed E-state index contributed by atoms with van der Waals surface area (Å²) in [6, 6.07) is 15.1. The second-order valence-corrected chi connectivity index (χ2v) is 6.46. The molecule has 1 heterocycles. The zero-order valence-electron chi connectivity index (χ0n) is 13.5. The third-order valence-electron chi connectivity index (χ3n) is 4.19.